The van der Waals surface area contributed by atoms with Crippen LogP contribution in [-0.4, -0.2) is 5.54 Å². The lowest BCUT2D eigenvalue weighted by atomic mass is 9.62. The Hall–Kier alpha value is -0.0400. The molecule has 1 rings (SSSR count). The maximum absolute atomic E-state index is 6.17. The van der Waals surface area contributed by atoms with Crippen molar-refractivity contribution in [1.82, 2.24) is 0 Å². The van der Waals surface area contributed by atoms with Gasteiger partial charge >= 0.3 is 0 Å². The summed E-state index contributed by atoms with van der Waals surface area (Å²) in [5.74, 6) is 0.883. The van der Waals surface area contributed by atoms with Gasteiger partial charge in [0.2, 0.25) is 0 Å². The molecule has 0 aromatic carbocycles. The van der Waals surface area contributed by atoms with Gasteiger partial charge in [-0.2, -0.15) is 0 Å². The van der Waals surface area contributed by atoms with E-state index in [1.54, 1.807) is 0 Å². The van der Waals surface area contributed by atoms with Crippen molar-refractivity contribution < 1.29 is 0 Å². The Morgan fingerprint density at radius 3 is 2.33 bits per heavy atom. The first-order valence-electron chi connectivity index (χ1n) is 5.16. The number of hydrogen-bond acceptors (Lipinski definition) is 1. The van der Waals surface area contributed by atoms with Crippen molar-refractivity contribution in [3.8, 4) is 0 Å². The number of hydrogen-bond donors (Lipinski definition) is 1. The highest BCUT2D eigenvalue weighted by molar-refractivity contribution is 4.94. The zero-order valence-electron chi connectivity index (χ0n) is 8.98. The summed E-state index contributed by atoms with van der Waals surface area (Å²) in [6, 6.07) is 0. The molecule has 1 heteroatoms. The van der Waals surface area contributed by atoms with Gasteiger partial charge in [0, 0.05) is 5.54 Å². The molecule has 0 heterocycles. The first-order chi connectivity index (χ1) is 5.37. The minimum Gasteiger partial charge on any atom is -0.325 e. The second-order valence-corrected chi connectivity index (χ2v) is 5.46. The molecule has 0 spiro atoms. The van der Waals surface area contributed by atoms with Crippen molar-refractivity contribution in [2.75, 3.05) is 0 Å². The van der Waals surface area contributed by atoms with Crippen LogP contribution in [0.4, 0.5) is 0 Å². The zero-order valence-corrected chi connectivity index (χ0v) is 8.98. The van der Waals surface area contributed by atoms with E-state index in [1.807, 2.05) is 0 Å². The van der Waals surface area contributed by atoms with Crippen molar-refractivity contribution in [1.29, 1.82) is 0 Å². The molecule has 2 N–H and O–H groups in total. The minimum atomic E-state index is 0.0924. The molecule has 1 aliphatic rings. The summed E-state index contributed by atoms with van der Waals surface area (Å²) in [7, 11) is 0. The van der Waals surface area contributed by atoms with Gasteiger partial charge in [0.05, 0.1) is 0 Å². The molecule has 0 amide bonds. The maximum Gasteiger partial charge on any atom is 0.0131 e. The normalized spacial score (nSPS) is 41.2. The summed E-state index contributed by atoms with van der Waals surface area (Å²) in [4.78, 5) is 0. The Morgan fingerprint density at radius 2 is 1.92 bits per heavy atom. The Labute approximate surface area is 76.7 Å². The van der Waals surface area contributed by atoms with E-state index in [1.165, 1.54) is 25.7 Å². The third-order valence-corrected chi connectivity index (χ3v) is 3.52. The van der Waals surface area contributed by atoms with Crippen LogP contribution < -0.4 is 5.73 Å². The molecule has 1 nitrogen and oxygen atoms in total. The molecule has 0 saturated heterocycles. The molecule has 1 fully saturated rings. The van der Waals surface area contributed by atoms with E-state index in [0.29, 0.717) is 5.41 Å². The van der Waals surface area contributed by atoms with Crippen LogP contribution >= 0.6 is 0 Å². The molecule has 1 saturated carbocycles. The fourth-order valence-electron chi connectivity index (χ4n) is 2.92. The summed E-state index contributed by atoms with van der Waals surface area (Å²) >= 11 is 0. The highest BCUT2D eigenvalue weighted by Gasteiger charge is 2.39. The second-order valence-electron chi connectivity index (χ2n) is 5.46. The lowest BCUT2D eigenvalue weighted by Gasteiger charge is -2.46. The van der Waals surface area contributed by atoms with Gasteiger partial charge in [-0.3, -0.25) is 0 Å². The van der Waals surface area contributed by atoms with Crippen LogP contribution in [0.15, 0.2) is 0 Å². The van der Waals surface area contributed by atoms with E-state index in [2.05, 4.69) is 27.7 Å². The van der Waals surface area contributed by atoms with Crippen molar-refractivity contribution in [3.63, 3.8) is 0 Å². The average Bonchev–Trinajstić information content (AvgIpc) is 1.83. The van der Waals surface area contributed by atoms with E-state index in [4.69, 9.17) is 5.73 Å². The molecular formula is C11H23N. The molecule has 0 radical (unpaired) electrons. The maximum atomic E-state index is 6.17. The topological polar surface area (TPSA) is 26.0 Å². The summed E-state index contributed by atoms with van der Waals surface area (Å²) < 4.78 is 0. The Bertz CT molecular complexity index is 158. The molecule has 0 aromatic rings. The second kappa shape index (κ2) is 3.02. The fourth-order valence-corrected chi connectivity index (χ4v) is 2.92. The highest BCUT2D eigenvalue weighted by Crippen LogP contribution is 2.45. The average molecular weight is 169 g/mol. The smallest absolute Gasteiger partial charge is 0.0131 e. The van der Waals surface area contributed by atoms with Crippen LogP contribution in [0.3, 0.4) is 0 Å². The molecule has 72 valence electrons. The number of nitrogens with two attached hydrogens (primary N) is 1. The molecule has 0 aromatic heterocycles. The minimum absolute atomic E-state index is 0.0924. The van der Waals surface area contributed by atoms with Crippen molar-refractivity contribution >= 4 is 0 Å². The Balaban J connectivity index is 2.67. The lowest BCUT2D eigenvalue weighted by molar-refractivity contribution is 0.0815. The van der Waals surface area contributed by atoms with E-state index < -0.39 is 0 Å². The van der Waals surface area contributed by atoms with E-state index in [0.717, 1.165) is 5.92 Å². The standard InChI is InChI=1S/C11H23N/c1-5-9-6-7-11(4,12)8-10(9,2)3/h9H,5-8,12H2,1-4H3/t9-,11+/m1/s1. The van der Waals surface area contributed by atoms with Crippen LogP contribution in [0.25, 0.3) is 0 Å². The van der Waals surface area contributed by atoms with Crippen LogP contribution in [-0.2, 0) is 0 Å². The predicted molar refractivity (Wildman–Crippen MR) is 54.0 cm³/mol. The van der Waals surface area contributed by atoms with E-state index >= 15 is 0 Å². The zero-order chi connectivity index (χ0) is 9.41. The van der Waals surface area contributed by atoms with Crippen LogP contribution in [0.5, 0.6) is 0 Å². The van der Waals surface area contributed by atoms with Crippen molar-refractivity contribution in [3.05, 3.63) is 0 Å². The van der Waals surface area contributed by atoms with Crippen LogP contribution in [0.1, 0.15) is 53.4 Å². The summed E-state index contributed by atoms with van der Waals surface area (Å²) in [5.41, 5.74) is 6.72. The Kier molecular flexibility index (Phi) is 2.53. The van der Waals surface area contributed by atoms with Gasteiger partial charge in [-0.05, 0) is 37.5 Å². The quantitative estimate of drug-likeness (QED) is 0.641. The first-order valence-corrected chi connectivity index (χ1v) is 5.16. The molecule has 0 bridgehead atoms. The molecule has 0 aliphatic heterocycles. The largest absolute Gasteiger partial charge is 0.325 e. The van der Waals surface area contributed by atoms with E-state index in [-0.39, 0.29) is 5.54 Å². The van der Waals surface area contributed by atoms with Crippen molar-refractivity contribution in [2.24, 2.45) is 17.1 Å². The number of rotatable bonds is 1. The van der Waals surface area contributed by atoms with Crippen LogP contribution in [0.2, 0.25) is 0 Å². The van der Waals surface area contributed by atoms with Gasteiger partial charge in [0.25, 0.3) is 0 Å². The molecular weight excluding hydrogens is 146 g/mol. The van der Waals surface area contributed by atoms with Gasteiger partial charge in [0.15, 0.2) is 0 Å². The summed E-state index contributed by atoms with van der Waals surface area (Å²) in [6.07, 6.45) is 5.01. The van der Waals surface area contributed by atoms with Gasteiger partial charge in [-0.1, -0.05) is 27.2 Å². The Morgan fingerprint density at radius 1 is 1.33 bits per heavy atom. The predicted octanol–water partition coefficient (Wildman–Crippen LogP) is 2.94. The fraction of sp³-hybridized carbons (Fsp3) is 1.00. The van der Waals surface area contributed by atoms with Gasteiger partial charge in [-0.15, -0.1) is 0 Å². The van der Waals surface area contributed by atoms with Gasteiger partial charge in [-0.25, -0.2) is 0 Å². The van der Waals surface area contributed by atoms with Crippen LogP contribution in [0, 0.1) is 11.3 Å². The lowest BCUT2D eigenvalue weighted by Crippen LogP contribution is -2.47. The van der Waals surface area contributed by atoms with Gasteiger partial charge < -0.3 is 5.73 Å². The molecule has 1 aliphatic carbocycles. The highest BCUT2D eigenvalue weighted by atomic mass is 14.7. The summed E-state index contributed by atoms with van der Waals surface area (Å²) in [5, 5.41) is 0. The van der Waals surface area contributed by atoms with Crippen molar-refractivity contribution in [2.45, 2.75) is 58.9 Å². The molecule has 0 unspecified atom stereocenters. The monoisotopic (exact) mass is 169 g/mol. The van der Waals surface area contributed by atoms with Gasteiger partial charge in [0.1, 0.15) is 0 Å². The third-order valence-electron chi connectivity index (χ3n) is 3.52. The van der Waals surface area contributed by atoms with E-state index in [9.17, 15) is 0 Å². The SMILES string of the molecule is CC[C@@H]1CC[C@](C)(N)CC1(C)C. The first kappa shape index (κ1) is 10.0. The molecule has 12 heavy (non-hydrogen) atoms. The molecule has 2 atom stereocenters. The third kappa shape index (κ3) is 2.01. The summed E-state index contributed by atoms with van der Waals surface area (Å²) in [6.45, 7) is 9.23.